The Bertz CT molecular complexity index is 280. The second-order valence-electron chi connectivity index (χ2n) is 5.86. The van der Waals surface area contributed by atoms with Crippen LogP contribution in [0.1, 0.15) is 48.5 Å². The summed E-state index contributed by atoms with van der Waals surface area (Å²) >= 11 is 0. The number of hydrogen-bond acceptors (Lipinski definition) is 3. The van der Waals surface area contributed by atoms with Crippen LogP contribution in [-0.4, -0.2) is 34.5 Å². The lowest BCUT2D eigenvalue weighted by atomic mass is 10.2. The van der Waals surface area contributed by atoms with E-state index in [0.717, 1.165) is 0 Å². The average molecular weight is 229 g/mol. The Labute approximate surface area is 97.9 Å². The van der Waals surface area contributed by atoms with Gasteiger partial charge in [0.25, 0.3) is 0 Å². The molecule has 0 aliphatic carbocycles. The molecule has 0 aromatic rings. The van der Waals surface area contributed by atoms with E-state index in [9.17, 15) is 4.79 Å². The van der Waals surface area contributed by atoms with E-state index in [-0.39, 0.29) is 18.2 Å². The van der Waals surface area contributed by atoms with Gasteiger partial charge in [-0.15, -0.1) is 0 Å². The summed E-state index contributed by atoms with van der Waals surface area (Å²) in [6.07, 6.45) is -0.281. The molecule has 4 nitrogen and oxygen atoms in total. The van der Waals surface area contributed by atoms with Gasteiger partial charge in [0.05, 0.1) is 12.1 Å². The Morgan fingerprint density at radius 2 is 1.81 bits per heavy atom. The van der Waals surface area contributed by atoms with E-state index in [1.165, 1.54) is 0 Å². The number of carbonyl (C=O) groups is 1. The normalized spacial score (nSPS) is 29.3. The summed E-state index contributed by atoms with van der Waals surface area (Å²) in [5.74, 6) is 0. The van der Waals surface area contributed by atoms with E-state index in [1.54, 1.807) is 4.90 Å². The highest BCUT2D eigenvalue weighted by atomic mass is 16.6. The van der Waals surface area contributed by atoms with Gasteiger partial charge in [-0.05, 0) is 48.5 Å². The topological polar surface area (TPSA) is 38.8 Å². The zero-order chi connectivity index (χ0) is 12.7. The van der Waals surface area contributed by atoms with Gasteiger partial charge in [-0.3, -0.25) is 4.90 Å². The van der Waals surface area contributed by atoms with Crippen LogP contribution in [0.2, 0.25) is 0 Å². The van der Waals surface area contributed by atoms with Crippen LogP contribution in [0.5, 0.6) is 0 Å². The first-order valence-corrected chi connectivity index (χ1v) is 5.75. The minimum Gasteiger partial charge on any atom is -0.444 e. The Morgan fingerprint density at radius 3 is 2.12 bits per heavy atom. The van der Waals surface area contributed by atoms with E-state index in [2.05, 4.69) is 0 Å². The van der Waals surface area contributed by atoms with Crippen molar-refractivity contribution in [2.45, 2.75) is 71.9 Å². The second-order valence-corrected chi connectivity index (χ2v) is 5.86. The van der Waals surface area contributed by atoms with Crippen LogP contribution in [0.25, 0.3) is 0 Å². The summed E-state index contributed by atoms with van der Waals surface area (Å²) in [4.78, 5) is 13.7. The minimum absolute atomic E-state index is 0.0301. The largest absolute Gasteiger partial charge is 0.444 e. The van der Waals surface area contributed by atoms with Crippen LogP contribution in [-0.2, 0) is 9.47 Å². The molecule has 0 aromatic heterocycles. The van der Waals surface area contributed by atoms with Gasteiger partial charge in [0.2, 0.25) is 0 Å². The maximum Gasteiger partial charge on any atom is 0.412 e. The summed E-state index contributed by atoms with van der Waals surface area (Å²) in [5.41, 5.74) is -1.07. The van der Waals surface area contributed by atoms with Crippen molar-refractivity contribution in [1.82, 2.24) is 4.90 Å². The molecule has 1 fully saturated rings. The molecule has 0 N–H and O–H groups in total. The lowest BCUT2D eigenvalue weighted by molar-refractivity contribution is -0.0754. The van der Waals surface area contributed by atoms with Gasteiger partial charge >= 0.3 is 6.09 Å². The quantitative estimate of drug-likeness (QED) is 0.641. The second kappa shape index (κ2) is 3.91. The third kappa shape index (κ3) is 2.67. The molecule has 0 radical (unpaired) electrons. The van der Waals surface area contributed by atoms with E-state index in [4.69, 9.17) is 9.47 Å². The SMILES string of the molecule is CC1OC(C)(C)N(C(=O)OC(C)(C)C)C1C. The molecular weight excluding hydrogens is 206 g/mol. The van der Waals surface area contributed by atoms with Crippen LogP contribution in [0.15, 0.2) is 0 Å². The molecule has 0 aromatic carbocycles. The minimum atomic E-state index is -0.596. The fraction of sp³-hybridized carbons (Fsp3) is 0.917. The molecule has 4 heteroatoms. The van der Waals surface area contributed by atoms with Crippen LogP contribution in [0.3, 0.4) is 0 Å². The number of nitrogens with zero attached hydrogens (tertiary/aromatic N) is 1. The molecule has 2 atom stereocenters. The molecule has 0 bridgehead atoms. The number of amides is 1. The van der Waals surface area contributed by atoms with Crippen molar-refractivity contribution in [2.24, 2.45) is 0 Å². The Hall–Kier alpha value is -0.770. The number of ether oxygens (including phenoxy) is 2. The zero-order valence-corrected chi connectivity index (χ0v) is 11.3. The van der Waals surface area contributed by atoms with Gasteiger partial charge in [0.15, 0.2) is 0 Å². The van der Waals surface area contributed by atoms with Crippen LogP contribution in [0, 0.1) is 0 Å². The third-order valence-corrected chi connectivity index (χ3v) is 2.73. The number of rotatable bonds is 0. The number of hydrogen-bond donors (Lipinski definition) is 0. The van der Waals surface area contributed by atoms with E-state index in [1.807, 2.05) is 48.5 Å². The standard InChI is InChI=1S/C12H23NO3/c1-8-9(2)15-12(6,7)13(8)10(14)16-11(3,4)5/h8-9H,1-7H3. The number of carbonyl (C=O) groups excluding carboxylic acids is 1. The van der Waals surface area contributed by atoms with Crippen molar-refractivity contribution in [3.63, 3.8) is 0 Å². The molecule has 2 unspecified atom stereocenters. The van der Waals surface area contributed by atoms with Gasteiger partial charge in [0, 0.05) is 0 Å². The van der Waals surface area contributed by atoms with E-state index in [0.29, 0.717) is 0 Å². The van der Waals surface area contributed by atoms with Gasteiger partial charge in [-0.25, -0.2) is 4.79 Å². The maximum absolute atomic E-state index is 12.1. The highest BCUT2D eigenvalue weighted by Gasteiger charge is 2.47. The van der Waals surface area contributed by atoms with Crippen molar-refractivity contribution in [3.05, 3.63) is 0 Å². The summed E-state index contributed by atoms with van der Waals surface area (Å²) in [6, 6.07) is 0.0323. The molecule has 94 valence electrons. The molecule has 16 heavy (non-hydrogen) atoms. The van der Waals surface area contributed by atoms with Gasteiger partial charge < -0.3 is 9.47 Å². The first-order valence-electron chi connectivity index (χ1n) is 5.75. The molecule has 0 spiro atoms. The summed E-state index contributed by atoms with van der Waals surface area (Å²) in [6.45, 7) is 13.3. The molecule has 0 saturated carbocycles. The summed E-state index contributed by atoms with van der Waals surface area (Å²) in [7, 11) is 0. The van der Waals surface area contributed by atoms with Crippen molar-refractivity contribution in [2.75, 3.05) is 0 Å². The van der Waals surface area contributed by atoms with Gasteiger partial charge in [-0.1, -0.05) is 0 Å². The third-order valence-electron chi connectivity index (χ3n) is 2.73. The van der Waals surface area contributed by atoms with Crippen LogP contribution in [0.4, 0.5) is 4.79 Å². The highest BCUT2D eigenvalue weighted by molar-refractivity contribution is 5.69. The monoisotopic (exact) mass is 229 g/mol. The van der Waals surface area contributed by atoms with Crippen LogP contribution >= 0.6 is 0 Å². The first-order chi connectivity index (χ1) is 7.04. The highest BCUT2D eigenvalue weighted by Crippen LogP contribution is 2.33. The average Bonchev–Trinajstić information content (AvgIpc) is 2.16. The first kappa shape index (κ1) is 13.3. The lowest BCUT2D eigenvalue weighted by Crippen LogP contribution is -2.49. The molecule has 1 heterocycles. The lowest BCUT2D eigenvalue weighted by Gasteiger charge is -2.34. The molecule has 1 rings (SSSR count). The fourth-order valence-corrected chi connectivity index (χ4v) is 2.01. The smallest absolute Gasteiger partial charge is 0.412 e. The van der Waals surface area contributed by atoms with Crippen molar-refractivity contribution in [1.29, 1.82) is 0 Å². The van der Waals surface area contributed by atoms with E-state index >= 15 is 0 Å². The zero-order valence-electron chi connectivity index (χ0n) is 11.3. The van der Waals surface area contributed by atoms with Crippen molar-refractivity contribution >= 4 is 6.09 Å². The Morgan fingerprint density at radius 1 is 1.31 bits per heavy atom. The summed E-state index contributed by atoms with van der Waals surface area (Å²) < 4.78 is 11.1. The molecular formula is C12H23NO3. The van der Waals surface area contributed by atoms with Crippen molar-refractivity contribution < 1.29 is 14.3 Å². The van der Waals surface area contributed by atoms with Gasteiger partial charge in [0.1, 0.15) is 11.3 Å². The van der Waals surface area contributed by atoms with Gasteiger partial charge in [-0.2, -0.15) is 0 Å². The molecule has 1 saturated heterocycles. The molecule has 1 aliphatic heterocycles. The predicted molar refractivity (Wildman–Crippen MR) is 62.2 cm³/mol. The Kier molecular flexibility index (Phi) is 3.25. The maximum atomic E-state index is 12.1. The summed E-state index contributed by atoms with van der Waals surface area (Å²) in [5, 5.41) is 0. The van der Waals surface area contributed by atoms with Crippen LogP contribution < -0.4 is 0 Å². The van der Waals surface area contributed by atoms with E-state index < -0.39 is 11.3 Å². The molecule has 1 amide bonds. The predicted octanol–water partition coefficient (Wildman–Crippen LogP) is 2.77. The Balaban J connectivity index is 2.82. The fourth-order valence-electron chi connectivity index (χ4n) is 2.01. The van der Waals surface area contributed by atoms with Crippen molar-refractivity contribution in [3.8, 4) is 0 Å². The molecule has 1 aliphatic rings.